The van der Waals surface area contributed by atoms with Crippen molar-refractivity contribution in [2.24, 2.45) is 5.92 Å². The topological polar surface area (TPSA) is 49.8 Å². The lowest BCUT2D eigenvalue weighted by atomic mass is 9.97. The molecule has 13 heavy (non-hydrogen) atoms. The van der Waals surface area contributed by atoms with E-state index >= 15 is 0 Å². The molecule has 0 saturated carbocycles. The smallest absolute Gasteiger partial charge is 0.319 e. The minimum Gasteiger partial charge on any atom is -0.468 e. The maximum Gasteiger partial charge on any atom is 0.319 e. The van der Waals surface area contributed by atoms with Crippen LogP contribution in [0.5, 0.6) is 0 Å². The summed E-state index contributed by atoms with van der Waals surface area (Å²) in [4.78, 5) is 13.0. The van der Waals surface area contributed by atoms with E-state index in [0.717, 1.165) is 19.5 Å². The van der Waals surface area contributed by atoms with Crippen LogP contribution in [0, 0.1) is 5.92 Å². The number of esters is 1. The highest BCUT2D eigenvalue weighted by atomic mass is 16.5. The predicted molar refractivity (Wildman–Crippen MR) is 48.2 cm³/mol. The summed E-state index contributed by atoms with van der Waals surface area (Å²) in [5.41, 5.74) is 0. The van der Waals surface area contributed by atoms with Crippen molar-refractivity contribution in [1.29, 1.82) is 0 Å². The lowest BCUT2D eigenvalue weighted by Crippen LogP contribution is -2.44. The van der Waals surface area contributed by atoms with Crippen LogP contribution < -0.4 is 0 Å². The van der Waals surface area contributed by atoms with Gasteiger partial charge in [-0.1, -0.05) is 6.92 Å². The molecule has 1 heterocycles. The molecule has 0 spiro atoms. The van der Waals surface area contributed by atoms with Crippen LogP contribution in [0.4, 0.5) is 0 Å². The van der Waals surface area contributed by atoms with Crippen LogP contribution in [0.1, 0.15) is 13.3 Å². The number of hydrogen-bond acceptors (Lipinski definition) is 4. The zero-order valence-corrected chi connectivity index (χ0v) is 8.19. The van der Waals surface area contributed by atoms with E-state index in [9.17, 15) is 9.90 Å². The van der Waals surface area contributed by atoms with E-state index in [1.807, 2.05) is 11.8 Å². The van der Waals surface area contributed by atoms with Gasteiger partial charge in [-0.2, -0.15) is 0 Å². The Bertz CT molecular complexity index is 184. The summed E-state index contributed by atoms with van der Waals surface area (Å²) in [7, 11) is 1.39. The molecule has 76 valence electrons. The van der Waals surface area contributed by atoms with Crippen molar-refractivity contribution in [3.63, 3.8) is 0 Å². The quantitative estimate of drug-likeness (QED) is 0.611. The minimum atomic E-state index is -0.214. The lowest BCUT2D eigenvalue weighted by Gasteiger charge is -2.33. The number of nitrogens with zero attached hydrogens (tertiary/aromatic N) is 1. The number of carbonyl (C=O) groups excluding carboxylic acids is 1. The predicted octanol–water partition coefficient (Wildman–Crippen LogP) is -0.138. The van der Waals surface area contributed by atoms with Gasteiger partial charge in [0.15, 0.2) is 0 Å². The van der Waals surface area contributed by atoms with Crippen LogP contribution in [0.25, 0.3) is 0 Å². The molecule has 1 saturated heterocycles. The standard InChI is InChI=1S/C9H17NO3/c1-7-5-10(4-3-8(7)11)6-9(12)13-2/h7-8,11H,3-6H2,1-2H3. The normalized spacial score (nSPS) is 30.1. The van der Waals surface area contributed by atoms with Gasteiger partial charge in [0.25, 0.3) is 0 Å². The van der Waals surface area contributed by atoms with Gasteiger partial charge >= 0.3 is 5.97 Å². The Morgan fingerprint density at radius 3 is 2.92 bits per heavy atom. The molecule has 1 rings (SSSR count). The maximum absolute atomic E-state index is 10.9. The third-order valence-electron chi connectivity index (χ3n) is 2.52. The van der Waals surface area contributed by atoms with E-state index in [1.54, 1.807) is 0 Å². The van der Waals surface area contributed by atoms with Crippen molar-refractivity contribution < 1.29 is 14.6 Å². The zero-order chi connectivity index (χ0) is 9.84. The first-order chi connectivity index (χ1) is 6.13. The molecule has 0 aromatic heterocycles. The first-order valence-electron chi connectivity index (χ1n) is 4.60. The molecule has 0 bridgehead atoms. The number of hydrogen-bond donors (Lipinski definition) is 1. The summed E-state index contributed by atoms with van der Waals surface area (Å²) in [6.07, 6.45) is 0.534. The molecule has 0 aromatic carbocycles. The number of piperidine rings is 1. The largest absolute Gasteiger partial charge is 0.468 e. The van der Waals surface area contributed by atoms with E-state index in [2.05, 4.69) is 4.74 Å². The first kappa shape index (κ1) is 10.5. The van der Waals surface area contributed by atoms with E-state index in [-0.39, 0.29) is 18.0 Å². The number of aliphatic hydroxyl groups is 1. The Hall–Kier alpha value is -0.610. The highest BCUT2D eigenvalue weighted by Gasteiger charge is 2.25. The second-order valence-corrected chi connectivity index (χ2v) is 3.64. The number of likely N-dealkylation sites (tertiary alicyclic amines) is 1. The van der Waals surface area contributed by atoms with Gasteiger partial charge in [0.05, 0.1) is 19.8 Å². The SMILES string of the molecule is COC(=O)CN1CCC(O)C(C)C1. The molecule has 1 aliphatic heterocycles. The molecule has 2 unspecified atom stereocenters. The van der Waals surface area contributed by atoms with Gasteiger partial charge in [0.2, 0.25) is 0 Å². The Morgan fingerprint density at radius 2 is 2.38 bits per heavy atom. The van der Waals surface area contributed by atoms with Gasteiger partial charge in [-0.15, -0.1) is 0 Å². The molecule has 4 nitrogen and oxygen atoms in total. The Balaban J connectivity index is 2.33. The first-order valence-corrected chi connectivity index (χ1v) is 4.60. The second-order valence-electron chi connectivity index (χ2n) is 3.64. The van der Waals surface area contributed by atoms with Crippen LogP contribution in [-0.2, 0) is 9.53 Å². The summed E-state index contributed by atoms with van der Waals surface area (Å²) in [6.45, 7) is 3.89. The highest BCUT2D eigenvalue weighted by molar-refractivity contribution is 5.71. The monoisotopic (exact) mass is 187 g/mol. The molecule has 0 aromatic rings. The summed E-state index contributed by atoms with van der Waals surface area (Å²) >= 11 is 0. The summed E-state index contributed by atoms with van der Waals surface area (Å²) in [6, 6.07) is 0. The second kappa shape index (κ2) is 4.58. The van der Waals surface area contributed by atoms with Crippen molar-refractivity contribution in [3.05, 3.63) is 0 Å². The molecule has 2 atom stereocenters. The van der Waals surface area contributed by atoms with Crippen molar-refractivity contribution in [2.45, 2.75) is 19.4 Å². The van der Waals surface area contributed by atoms with Crippen molar-refractivity contribution in [2.75, 3.05) is 26.7 Å². The molecular formula is C9H17NO3. The molecule has 1 fully saturated rings. The van der Waals surface area contributed by atoms with E-state index < -0.39 is 0 Å². The third-order valence-corrected chi connectivity index (χ3v) is 2.52. The van der Waals surface area contributed by atoms with Gasteiger partial charge < -0.3 is 9.84 Å². The number of carbonyl (C=O) groups is 1. The fourth-order valence-corrected chi connectivity index (χ4v) is 1.61. The Labute approximate surface area is 78.5 Å². The van der Waals surface area contributed by atoms with Gasteiger partial charge in [-0.3, -0.25) is 9.69 Å². The van der Waals surface area contributed by atoms with E-state index in [0.29, 0.717) is 6.54 Å². The van der Waals surface area contributed by atoms with Gasteiger partial charge in [0.1, 0.15) is 0 Å². The molecule has 1 N–H and O–H groups in total. The number of rotatable bonds is 2. The number of aliphatic hydroxyl groups excluding tert-OH is 1. The van der Waals surface area contributed by atoms with Crippen LogP contribution in [0.3, 0.4) is 0 Å². The lowest BCUT2D eigenvalue weighted by molar-refractivity contribution is -0.142. The fraction of sp³-hybridized carbons (Fsp3) is 0.889. The van der Waals surface area contributed by atoms with Crippen molar-refractivity contribution in [3.8, 4) is 0 Å². The van der Waals surface area contributed by atoms with Gasteiger partial charge in [-0.25, -0.2) is 0 Å². The molecule has 1 aliphatic rings. The van der Waals surface area contributed by atoms with E-state index in [1.165, 1.54) is 7.11 Å². The summed E-state index contributed by atoms with van der Waals surface area (Å²) in [5, 5.41) is 9.44. The Morgan fingerprint density at radius 1 is 1.69 bits per heavy atom. The molecular weight excluding hydrogens is 170 g/mol. The van der Waals surface area contributed by atoms with Crippen LogP contribution in [-0.4, -0.2) is 48.8 Å². The van der Waals surface area contributed by atoms with Crippen LogP contribution in [0.2, 0.25) is 0 Å². The van der Waals surface area contributed by atoms with Gasteiger partial charge in [-0.05, 0) is 12.3 Å². The summed E-state index contributed by atoms with van der Waals surface area (Å²) in [5.74, 6) is 0.0435. The highest BCUT2D eigenvalue weighted by Crippen LogP contribution is 2.15. The van der Waals surface area contributed by atoms with Crippen molar-refractivity contribution >= 4 is 5.97 Å². The summed E-state index contributed by atoms with van der Waals surface area (Å²) < 4.78 is 4.57. The zero-order valence-electron chi connectivity index (χ0n) is 8.19. The number of methoxy groups -OCH3 is 1. The Kier molecular flexibility index (Phi) is 3.69. The van der Waals surface area contributed by atoms with Crippen LogP contribution >= 0.6 is 0 Å². The average Bonchev–Trinajstić information content (AvgIpc) is 2.11. The van der Waals surface area contributed by atoms with E-state index in [4.69, 9.17) is 0 Å². The van der Waals surface area contributed by atoms with Crippen molar-refractivity contribution in [1.82, 2.24) is 4.90 Å². The average molecular weight is 187 g/mol. The molecule has 0 amide bonds. The minimum absolute atomic E-state index is 0.205. The third kappa shape index (κ3) is 2.97. The fourth-order valence-electron chi connectivity index (χ4n) is 1.61. The molecule has 0 radical (unpaired) electrons. The maximum atomic E-state index is 10.9. The van der Waals surface area contributed by atoms with Crippen LogP contribution in [0.15, 0.2) is 0 Å². The number of ether oxygens (including phenoxy) is 1. The molecule has 4 heteroatoms. The molecule has 0 aliphatic carbocycles. The van der Waals surface area contributed by atoms with Gasteiger partial charge in [0, 0.05) is 13.1 Å².